The molecule has 0 aromatic heterocycles. The molecule has 2 nitrogen and oxygen atoms in total. The quantitative estimate of drug-likeness (QED) is 0.815. The molecule has 0 unspecified atom stereocenters. The number of rotatable bonds is 2. The molecule has 1 rings (SSSR count). The highest BCUT2D eigenvalue weighted by atomic mass is 79.9. The molecule has 0 saturated heterocycles. The summed E-state index contributed by atoms with van der Waals surface area (Å²) in [5, 5.41) is 0. The van der Waals surface area contributed by atoms with Gasteiger partial charge in [0.25, 0.3) is 5.91 Å². The van der Waals surface area contributed by atoms with Gasteiger partial charge in [-0.3, -0.25) is 4.79 Å². The van der Waals surface area contributed by atoms with Crippen LogP contribution in [0, 0.1) is 11.2 Å². The zero-order chi connectivity index (χ0) is 13.2. The molecule has 0 N–H and O–H groups in total. The molecule has 0 saturated carbocycles. The molecule has 1 aromatic carbocycles. The van der Waals surface area contributed by atoms with E-state index in [1.165, 1.54) is 12.1 Å². The van der Waals surface area contributed by atoms with E-state index in [1.54, 1.807) is 18.0 Å². The van der Waals surface area contributed by atoms with Crippen molar-refractivity contribution in [2.45, 2.75) is 20.8 Å². The van der Waals surface area contributed by atoms with Crippen LogP contribution in [0.4, 0.5) is 4.39 Å². The summed E-state index contributed by atoms with van der Waals surface area (Å²) in [5.41, 5.74) is 0.107. The van der Waals surface area contributed by atoms with Crippen LogP contribution in [-0.4, -0.2) is 24.4 Å². The minimum Gasteiger partial charge on any atom is -0.341 e. The van der Waals surface area contributed by atoms with Crippen molar-refractivity contribution in [1.29, 1.82) is 0 Å². The highest BCUT2D eigenvalue weighted by Crippen LogP contribution is 2.19. The Morgan fingerprint density at radius 2 is 2.00 bits per heavy atom. The molecule has 94 valence electrons. The van der Waals surface area contributed by atoms with Gasteiger partial charge in [0.2, 0.25) is 0 Å². The first kappa shape index (κ1) is 14.2. The van der Waals surface area contributed by atoms with Gasteiger partial charge in [-0.15, -0.1) is 0 Å². The first-order valence-electron chi connectivity index (χ1n) is 5.41. The number of halogens is 2. The van der Waals surface area contributed by atoms with Gasteiger partial charge in [-0.2, -0.15) is 0 Å². The third-order valence-corrected chi connectivity index (χ3v) is 2.71. The molecule has 1 amide bonds. The number of hydrogen-bond donors (Lipinski definition) is 0. The van der Waals surface area contributed by atoms with Crippen molar-refractivity contribution in [3.8, 4) is 0 Å². The molecule has 0 aliphatic heterocycles. The van der Waals surface area contributed by atoms with Gasteiger partial charge in [0.05, 0.1) is 5.56 Å². The summed E-state index contributed by atoms with van der Waals surface area (Å²) in [7, 11) is 1.69. The van der Waals surface area contributed by atoms with Gasteiger partial charge in [-0.05, 0) is 23.6 Å². The van der Waals surface area contributed by atoms with E-state index < -0.39 is 5.82 Å². The predicted molar refractivity (Wildman–Crippen MR) is 70.5 cm³/mol. The monoisotopic (exact) mass is 301 g/mol. The Hall–Kier alpha value is -0.900. The second kappa shape index (κ2) is 5.17. The van der Waals surface area contributed by atoms with E-state index in [0.29, 0.717) is 11.0 Å². The molecule has 4 heteroatoms. The van der Waals surface area contributed by atoms with Crippen LogP contribution >= 0.6 is 15.9 Å². The Morgan fingerprint density at radius 1 is 1.41 bits per heavy atom. The van der Waals surface area contributed by atoms with Crippen LogP contribution < -0.4 is 0 Å². The fourth-order valence-electron chi connectivity index (χ4n) is 1.65. The SMILES string of the molecule is CN(CC(C)(C)C)C(=O)c1ccc(Br)cc1F. The number of hydrogen-bond acceptors (Lipinski definition) is 1. The van der Waals surface area contributed by atoms with E-state index in [4.69, 9.17) is 0 Å². The lowest BCUT2D eigenvalue weighted by Crippen LogP contribution is -2.34. The van der Waals surface area contributed by atoms with Gasteiger partial charge in [-0.1, -0.05) is 36.7 Å². The van der Waals surface area contributed by atoms with Gasteiger partial charge in [0.1, 0.15) is 5.82 Å². The molecule has 0 heterocycles. The highest BCUT2D eigenvalue weighted by molar-refractivity contribution is 9.10. The lowest BCUT2D eigenvalue weighted by molar-refractivity contribution is 0.0741. The van der Waals surface area contributed by atoms with Crippen molar-refractivity contribution in [2.75, 3.05) is 13.6 Å². The van der Waals surface area contributed by atoms with E-state index in [1.807, 2.05) is 20.8 Å². The van der Waals surface area contributed by atoms with Crippen molar-refractivity contribution in [1.82, 2.24) is 4.90 Å². The van der Waals surface area contributed by atoms with Crippen LogP contribution in [0.25, 0.3) is 0 Å². The van der Waals surface area contributed by atoms with Crippen LogP contribution in [0.5, 0.6) is 0 Å². The Bertz CT molecular complexity index is 426. The summed E-state index contributed by atoms with van der Waals surface area (Å²) < 4.78 is 14.2. The van der Waals surface area contributed by atoms with Crippen molar-refractivity contribution >= 4 is 21.8 Å². The lowest BCUT2D eigenvalue weighted by Gasteiger charge is -2.26. The smallest absolute Gasteiger partial charge is 0.256 e. The largest absolute Gasteiger partial charge is 0.341 e. The van der Waals surface area contributed by atoms with E-state index >= 15 is 0 Å². The van der Waals surface area contributed by atoms with Gasteiger partial charge >= 0.3 is 0 Å². The average Bonchev–Trinajstić information content (AvgIpc) is 2.14. The Labute approximate surface area is 110 Å². The summed E-state index contributed by atoms with van der Waals surface area (Å²) in [6.45, 7) is 6.69. The fraction of sp³-hybridized carbons (Fsp3) is 0.462. The normalized spacial score (nSPS) is 11.4. The van der Waals surface area contributed by atoms with Gasteiger partial charge in [0, 0.05) is 18.1 Å². The summed E-state index contributed by atoms with van der Waals surface area (Å²) >= 11 is 3.17. The molecule has 0 spiro atoms. The summed E-state index contributed by atoms with van der Waals surface area (Å²) in [4.78, 5) is 13.6. The van der Waals surface area contributed by atoms with Crippen LogP contribution in [-0.2, 0) is 0 Å². The molecule has 1 aromatic rings. The number of nitrogens with zero attached hydrogens (tertiary/aromatic N) is 1. The number of benzene rings is 1. The maximum absolute atomic E-state index is 13.6. The molecule has 0 atom stereocenters. The number of amides is 1. The van der Waals surface area contributed by atoms with E-state index in [-0.39, 0.29) is 16.9 Å². The molecular formula is C13H17BrFNO. The van der Waals surface area contributed by atoms with Crippen molar-refractivity contribution in [3.63, 3.8) is 0 Å². The molecule has 0 bridgehead atoms. The predicted octanol–water partition coefficient (Wildman–Crippen LogP) is 3.71. The second-order valence-corrected chi connectivity index (χ2v) is 6.26. The summed E-state index contributed by atoms with van der Waals surface area (Å²) in [5.74, 6) is -0.782. The van der Waals surface area contributed by atoms with Gasteiger partial charge in [-0.25, -0.2) is 4.39 Å². The highest BCUT2D eigenvalue weighted by Gasteiger charge is 2.21. The molecule has 0 aliphatic rings. The fourth-order valence-corrected chi connectivity index (χ4v) is 1.99. The zero-order valence-corrected chi connectivity index (χ0v) is 12.1. The minimum absolute atomic E-state index is 0.00372. The third kappa shape index (κ3) is 4.11. The minimum atomic E-state index is -0.495. The second-order valence-electron chi connectivity index (χ2n) is 5.35. The summed E-state index contributed by atoms with van der Waals surface area (Å²) in [6, 6.07) is 4.47. The number of carbonyl (C=O) groups is 1. The number of carbonyl (C=O) groups excluding carboxylic acids is 1. The zero-order valence-electron chi connectivity index (χ0n) is 10.6. The van der Waals surface area contributed by atoms with Crippen molar-refractivity contribution in [2.24, 2.45) is 5.41 Å². The van der Waals surface area contributed by atoms with Gasteiger partial charge < -0.3 is 4.90 Å². The maximum Gasteiger partial charge on any atom is 0.256 e. The molecule has 17 heavy (non-hydrogen) atoms. The topological polar surface area (TPSA) is 20.3 Å². The Morgan fingerprint density at radius 3 is 2.47 bits per heavy atom. The van der Waals surface area contributed by atoms with E-state index in [0.717, 1.165) is 0 Å². The summed E-state index contributed by atoms with van der Waals surface area (Å²) in [6.07, 6.45) is 0. The molecule has 0 radical (unpaired) electrons. The molecule has 0 aliphatic carbocycles. The first-order valence-corrected chi connectivity index (χ1v) is 6.20. The lowest BCUT2D eigenvalue weighted by atomic mass is 9.96. The molecular weight excluding hydrogens is 285 g/mol. The van der Waals surface area contributed by atoms with Crippen LogP contribution in [0.15, 0.2) is 22.7 Å². The van der Waals surface area contributed by atoms with Crippen LogP contribution in [0.1, 0.15) is 31.1 Å². The first-order chi connectivity index (χ1) is 7.70. The Kier molecular flexibility index (Phi) is 4.31. The van der Waals surface area contributed by atoms with Gasteiger partial charge in [0.15, 0.2) is 0 Å². The van der Waals surface area contributed by atoms with Crippen LogP contribution in [0.2, 0.25) is 0 Å². The molecule has 0 fully saturated rings. The van der Waals surface area contributed by atoms with E-state index in [2.05, 4.69) is 15.9 Å². The van der Waals surface area contributed by atoms with Crippen molar-refractivity contribution < 1.29 is 9.18 Å². The average molecular weight is 302 g/mol. The van der Waals surface area contributed by atoms with E-state index in [9.17, 15) is 9.18 Å². The Balaban J connectivity index is 2.89. The van der Waals surface area contributed by atoms with Crippen LogP contribution in [0.3, 0.4) is 0 Å². The van der Waals surface area contributed by atoms with Crippen molar-refractivity contribution in [3.05, 3.63) is 34.1 Å². The maximum atomic E-state index is 13.6. The standard InChI is InChI=1S/C13H17BrFNO/c1-13(2,3)8-16(4)12(17)10-6-5-9(14)7-11(10)15/h5-7H,8H2,1-4H3. The third-order valence-electron chi connectivity index (χ3n) is 2.22.